The number of morpholine rings is 1. The molecule has 0 radical (unpaired) electrons. The molecule has 0 spiro atoms. The van der Waals surface area contributed by atoms with Gasteiger partial charge >= 0.3 is 6.03 Å². The van der Waals surface area contributed by atoms with Gasteiger partial charge in [0, 0.05) is 30.4 Å². The van der Waals surface area contributed by atoms with Gasteiger partial charge in [-0.15, -0.1) is 11.8 Å². The first-order chi connectivity index (χ1) is 13.5. The van der Waals surface area contributed by atoms with Crippen molar-refractivity contribution in [3.63, 3.8) is 0 Å². The van der Waals surface area contributed by atoms with Crippen molar-refractivity contribution in [2.75, 3.05) is 42.8 Å². The Bertz CT molecular complexity index is 826. The Kier molecular flexibility index (Phi) is 6.98. The van der Waals surface area contributed by atoms with Gasteiger partial charge in [0.2, 0.25) is 0 Å². The minimum atomic E-state index is -0.235. The molecule has 1 aromatic carbocycles. The summed E-state index contributed by atoms with van der Waals surface area (Å²) in [4.78, 5) is 24.1. The number of rotatable bonds is 5. The molecule has 0 aliphatic carbocycles. The molecular weight excluding hydrogens is 398 g/mol. The maximum Gasteiger partial charge on any atom is 0.319 e. The molecule has 0 atom stereocenters. The van der Waals surface area contributed by atoms with Crippen molar-refractivity contribution < 1.29 is 9.53 Å². The van der Waals surface area contributed by atoms with E-state index < -0.39 is 0 Å². The van der Waals surface area contributed by atoms with Crippen molar-refractivity contribution in [3.8, 4) is 11.4 Å². The lowest BCUT2D eigenvalue weighted by molar-refractivity contribution is 0.122. The van der Waals surface area contributed by atoms with E-state index in [4.69, 9.17) is 21.3 Å². The number of anilines is 2. The zero-order chi connectivity index (χ0) is 20.1. The van der Waals surface area contributed by atoms with Gasteiger partial charge in [0.05, 0.1) is 18.1 Å². The second-order valence-corrected chi connectivity index (χ2v) is 7.80. The van der Waals surface area contributed by atoms with Gasteiger partial charge in [-0.05, 0) is 44.4 Å². The number of carbonyl (C=O) groups excluding carboxylic acids is 1. The molecule has 1 aliphatic heterocycles. The molecule has 1 aromatic heterocycles. The van der Waals surface area contributed by atoms with Gasteiger partial charge in [-0.3, -0.25) is 0 Å². The number of halogens is 1. The molecule has 0 unspecified atom stereocenters. The zero-order valence-electron chi connectivity index (χ0n) is 16.2. The van der Waals surface area contributed by atoms with Crippen LogP contribution in [0.3, 0.4) is 0 Å². The summed E-state index contributed by atoms with van der Waals surface area (Å²) in [5, 5.41) is 6.04. The average Bonchev–Trinajstić information content (AvgIpc) is 2.68. The summed E-state index contributed by atoms with van der Waals surface area (Å²) in [6.45, 7) is 6.71. The van der Waals surface area contributed by atoms with Crippen molar-refractivity contribution in [1.82, 2.24) is 15.3 Å². The Labute approximate surface area is 174 Å². The molecule has 2 N–H and O–H groups in total. The molecule has 0 saturated carbocycles. The summed E-state index contributed by atoms with van der Waals surface area (Å²) >= 11 is 8.00. The first-order valence-corrected chi connectivity index (χ1v) is 10.7. The van der Waals surface area contributed by atoms with E-state index in [1.54, 1.807) is 0 Å². The van der Waals surface area contributed by atoms with E-state index in [2.05, 4.69) is 20.5 Å². The van der Waals surface area contributed by atoms with Crippen LogP contribution >= 0.6 is 23.4 Å². The number of benzene rings is 1. The molecule has 1 aliphatic rings. The maximum absolute atomic E-state index is 11.8. The van der Waals surface area contributed by atoms with Crippen molar-refractivity contribution in [2.24, 2.45) is 0 Å². The first-order valence-electron chi connectivity index (χ1n) is 9.10. The van der Waals surface area contributed by atoms with Gasteiger partial charge in [0.1, 0.15) is 11.0 Å². The quantitative estimate of drug-likeness (QED) is 0.563. The largest absolute Gasteiger partial charge is 0.378 e. The molecule has 1 fully saturated rings. The fraction of sp³-hybridized carbons (Fsp3) is 0.421. The zero-order valence-corrected chi connectivity index (χ0v) is 17.7. The smallest absolute Gasteiger partial charge is 0.319 e. The molecule has 2 aromatic rings. The number of thioether (sulfide) groups is 1. The summed E-state index contributed by atoms with van der Waals surface area (Å²) in [7, 11) is 0. The second kappa shape index (κ2) is 9.45. The van der Waals surface area contributed by atoms with Crippen LogP contribution in [0.4, 0.5) is 16.3 Å². The Balaban J connectivity index is 1.84. The van der Waals surface area contributed by atoms with Crippen molar-refractivity contribution in [2.45, 2.75) is 24.8 Å². The van der Waals surface area contributed by atoms with Crippen LogP contribution in [-0.2, 0) is 4.74 Å². The van der Waals surface area contributed by atoms with Crippen molar-refractivity contribution in [1.29, 1.82) is 0 Å². The Morgan fingerprint density at radius 1 is 1.21 bits per heavy atom. The molecule has 0 bridgehead atoms. The topological polar surface area (TPSA) is 79.4 Å². The third kappa shape index (κ3) is 5.06. The highest BCUT2D eigenvalue weighted by Gasteiger charge is 2.21. The lowest BCUT2D eigenvalue weighted by Gasteiger charge is -2.29. The van der Waals surface area contributed by atoms with E-state index >= 15 is 0 Å². The number of nitrogens with one attached hydrogen (secondary N) is 2. The monoisotopic (exact) mass is 421 g/mol. The van der Waals surface area contributed by atoms with Crippen LogP contribution in [0.2, 0.25) is 5.15 Å². The molecule has 28 heavy (non-hydrogen) atoms. The van der Waals surface area contributed by atoms with Crippen LogP contribution in [0, 0.1) is 0 Å². The highest BCUT2D eigenvalue weighted by atomic mass is 35.5. The highest BCUT2D eigenvalue weighted by molar-refractivity contribution is 7.98. The molecule has 1 saturated heterocycles. The van der Waals surface area contributed by atoms with Crippen molar-refractivity contribution in [3.05, 3.63) is 29.4 Å². The van der Waals surface area contributed by atoms with E-state index in [0.717, 1.165) is 29.4 Å². The van der Waals surface area contributed by atoms with Gasteiger partial charge in [-0.2, -0.15) is 0 Å². The number of carbonyl (C=O) groups is 1. The predicted molar refractivity (Wildman–Crippen MR) is 115 cm³/mol. The minimum absolute atomic E-state index is 0.0726. The van der Waals surface area contributed by atoms with E-state index in [9.17, 15) is 4.79 Å². The fourth-order valence-corrected chi connectivity index (χ4v) is 3.81. The van der Waals surface area contributed by atoms with E-state index in [0.29, 0.717) is 29.9 Å². The molecule has 2 heterocycles. The third-order valence-electron chi connectivity index (χ3n) is 4.14. The lowest BCUT2D eigenvalue weighted by Crippen LogP contribution is -2.37. The normalized spacial score (nSPS) is 14.2. The second-order valence-electron chi connectivity index (χ2n) is 6.62. The third-order valence-corrected chi connectivity index (χ3v) is 5.31. The molecular formula is C19H24ClN5O2S. The molecule has 9 heteroatoms. The average molecular weight is 422 g/mol. The van der Waals surface area contributed by atoms with Gasteiger partial charge in [0.25, 0.3) is 0 Å². The summed E-state index contributed by atoms with van der Waals surface area (Å²) in [5.41, 5.74) is 1.53. The van der Waals surface area contributed by atoms with Crippen LogP contribution in [0.25, 0.3) is 11.4 Å². The van der Waals surface area contributed by atoms with Crippen LogP contribution in [0.5, 0.6) is 0 Å². The predicted octanol–water partition coefficient (Wildman–Crippen LogP) is 3.89. The number of ether oxygens (including phenoxy) is 1. The number of amides is 2. The van der Waals surface area contributed by atoms with Gasteiger partial charge in [-0.1, -0.05) is 11.6 Å². The highest BCUT2D eigenvalue weighted by Crippen LogP contribution is 2.35. The van der Waals surface area contributed by atoms with Crippen LogP contribution in [0.15, 0.2) is 29.2 Å². The number of aromatic nitrogens is 2. The van der Waals surface area contributed by atoms with Gasteiger partial charge < -0.3 is 20.3 Å². The minimum Gasteiger partial charge on any atom is -0.378 e. The summed E-state index contributed by atoms with van der Waals surface area (Å²) in [6.07, 6.45) is 1.97. The Hall–Kier alpha value is -2.03. The Morgan fingerprint density at radius 3 is 2.50 bits per heavy atom. The number of hydrogen-bond acceptors (Lipinski definition) is 6. The number of nitrogens with zero attached hydrogens (tertiary/aromatic N) is 3. The van der Waals surface area contributed by atoms with E-state index in [-0.39, 0.29) is 12.1 Å². The van der Waals surface area contributed by atoms with Crippen LogP contribution in [-0.4, -0.2) is 54.6 Å². The summed E-state index contributed by atoms with van der Waals surface area (Å²) in [6, 6.07) is 7.23. The fourth-order valence-electron chi connectivity index (χ4n) is 2.84. The van der Waals surface area contributed by atoms with E-state index in [1.807, 2.05) is 44.4 Å². The molecule has 7 nitrogen and oxygen atoms in total. The molecule has 2 amide bonds. The standard InChI is InChI=1S/C19H24ClN5O2S/c1-12(2)21-19(26)22-14-6-4-13(5-7-14)17-23-16(20)15(28-3)18(24-17)25-8-10-27-11-9-25/h4-7,12H,8-11H2,1-3H3,(H2,21,22,26). The molecule has 3 rings (SSSR count). The Morgan fingerprint density at radius 2 is 1.89 bits per heavy atom. The number of urea groups is 1. The molecule has 150 valence electrons. The van der Waals surface area contributed by atoms with Crippen LogP contribution < -0.4 is 15.5 Å². The van der Waals surface area contributed by atoms with Gasteiger partial charge in [0.15, 0.2) is 5.82 Å². The summed E-state index contributed by atoms with van der Waals surface area (Å²) < 4.78 is 5.44. The van der Waals surface area contributed by atoms with Crippen molar-refractivity contribution >= 4 is 40.9 Å². The summed E-state index contributed by atoms with van der Waals surface area (Å²) in [5.74, 6) is 1.40. The SMILES string of the molecule is CSc1c(Cl)nc(-c2ccc(NC(=O)NC(C)C)cc2)nc1N1CCOCC1. The number of hydrogen-bond donors (Lipinski definition) is 2. The maximum atomic E-state index is 11.8. The van der Waals surface area contributed by atoms with Gasteiger partial charge in [-0.25, -0.2) is 14.8 Å². The van der Waals surface area contributed by atoms with E-state index in [1.165, 1.54) is 11.8 Å². The first kappa shape index (κ1) is 20.7. The lowest BCUT2D eigenvalue weighted by atomic mass is 10.2. The van der Waals surface area contributed by atoms with Crippen LogP contribution in [0.1, 0.15) is 13.8 Å².